The summed E-state index contributed by atoms with van der Waals surface area (Å²) in [5.41, 5.74) is 0.0397. The molecule has 6 heteroatoms. The molecular formula is C12H7F3N2O. The van der Waals surface area contributed by atoms with E-state index in [1.54, 1.807) is 18.2 Å². The first-order valence-electron chi connectivity index (χ1n) is 4.77. The maximum Gasteiger partial charge on any atom is 0.422 e. The fourth-order valence-electron chi connectivity index (χ4n) is 1.14. The van der Waals surface area contributed by atoms with Crippen molar-refractivity contribution >= 4 is 6.08 Å². The lowest BCUT2D eigenvalue weighted by molar-refractivity contribution is -0.153. The Labute approximate surface area is 101 Å². The number of nitrogens with zero attached hydrogens (tertiary/aromatic N) is 2. The van der Waals surface area contributed by atoms with Crippen molar-refractivity contribution in [2.75, 3.05) is 6.61 Å². The summed E-state index contributed by atoms with van der Waals surface area (Å²) in [6.07, 6.45) is -3.27. The van der Waals surface area contributed by atoms with Crippen molar-refractivity contribution in [3.8, 4) is 17.9 Å². The Balaban J connectivity index is 2.98. The van der Waals surface area contributed by atoms with Gasteiger partial charge in [0.25, 0.3) is 0 Å². The average molecular weight is 252 g/mol. The topological polar surface area (TPSA) is 56.8 Å². The SMILES string of the molecule is N#CC(C#N)=Cc1ccccc1OCC(F)(F)F. The summed E-state index contributed by atoms with van der Waals surface area (Å²) in [5.74, 6) is -0.0298. The van der Waals surface area contributed by atoms with Crippen molar-refractivity contribution in [2.45, 2.75) is 6.18 Å². The van der Waals surface area contributed by atoms with Crippen LogP contribution in [0.3, 0.4) is 0 Å². The highest BCUT2D eigenvalue weighted by Crippen LogP contribution is 2.23. The summed E-state index contributed by atoms with van der Waals surface area (Å²) < 4.78 is 40.7. The molecule has 0 aliphatic heterocycles. The first-order valence-corrected chi connectivity index (χ1v) is 4.77. The molecule has 1 rings (SSSR count). The fourth-order valence-corrected chi connectivity index (χ4v) is 1.14. The lowest BCUT2D eigenvalue weighted by Gasteiger charge is -2.11. The number of halogens is 3. The first kappa shape index (κ1) is 13.6. The molecule has 0 bridgehead atoms. The molecule has 0 saturated heterocycles. The van der Waals surface area contributed by atoms with E-state index in [4.69, 9.17) is 10.5 Å². The van der Waals surface area contributed by atoms with Crippen LogP contribution in [-0.4, -0.2) is 12.8 Å². The normalized spacial score (nSPS) is 10.1. The van der Waals surface area contributed by atoms with Crippen LogP contribution in [0.25, 0.3) is 6.08 Å². The van der Waals surface area contributed by atoms with E-state index in [0.717, 1.165) is 0 Å². The standard InChI is InChI=1S/C12H7F3N2O/c13-12(14,15)8-18-11-4-2-1-3-10(11)5-9(6-16)7-17/h1-5H,8H2. The summed E-state index contributed by atoms with van der Waals surface area (Å²) in [5, 5.41) is 17.2. The van der Waals surface area contributed by atoms with Gasteiger partial charge in [-0.3, -0.25) is 0 Å². The number of para-hydroxylation sites is 1. The number of alkyl halides is 3. The number of nitriles is 2. The molecule has 0 aliphatic carbocycles. The molecule has 3 nitrogen and oxygen atoms in total. The molecule has 0 amide bonds. The van der Waals surface area contributed by atoms with Gasteiger partial charge in [-0.25, -0.2) is 0 Å². The fraction of sp³-hybridized carbons (Fsp3) is 0.167. The second-order valence-corrected chi connectivity index (χ2v) is 3.22. The summed E-state index contributed by atoms with van der Waals surface area (Å²) in [6.45, 7) is -1.42. The third-order valence-electron chi connectivity index (χ3n) is 1.85. The van der Waals surface area contributed by atoms with Gasteiger partial charge in [-0.2, -0.15) is 23.7 Å². The summed E-state index contributed by atoms with van der Waals surface area (Å²) >= 11 is 0. The van der Waals surface area contributed by atoms with Crippen LogP contribution in [0.5, 0.6) is 5.75 Å². The van der Waals surface area contributed by atoms with Crippen molar-refractivity contribution in [1.82, 2.24) is 0 Å². The third-order valence-corrected chi connectivity index (χ3v) is 1.85. The van der Waals surface area contributed by atoms with Crippen LogP contribution in [0.4, 0.5) is 13.2 Å². The average Bonchev–Trinajstić information content (AvgIpc) is 2.33. The van der Waals surface area contributed by atoms with Gasteiger partial charge in [0.05, 0.1) is 0 Å². The van der Waals surface area contributed by atoms with E-state index in [1.165, 1.54) is 24.3 Å². The van der Waals surface area contributed by atoms with E-state index < -0.39 is 12.8 Å². The predicted octanol–water partition coefficient (Wildman–Crippen LogP) is 3.06. The molecule has 0 unspecified atom stereocenters. The smallest absolute Gasteiger partial charge is 0.422 e. The van der Waals surface area contributed by atoms with Crippen LogP contribution in [0, 0.1) is 22.7 Å². The van der Waals surface area contributed by atoms with Crippen LogP contribution in [-0.2, 0) is 0 Å². The molecule has 1 aromatic carbocycles. The Morgan fingerprint density at radius 2 is 1.83 bits per heavy atom. The number of hydrogen-bond donors (Lipinski definition) is 0. The van der Waals surface area contributed by atoms with Crippen LogP contribution < -0.4 is 4.74 Å². The van der Waals surface area contributed by atoms with Crippen LogP contribution in [0.15, 0.2) is 29.8 Å². The van der Waals surface area contributed by atoms with Crippen molar-refractivity contribution in [3.63, 3.8) is 0 Å². The minimum absolute atomic E-state index is 0.0298. The largest absolute Gasteiger partial charge is 0.483 e. The number of ether oxygens (including phenoxy) is 1. The van der Waals surface area contributed by atoms with Gasteiger partial charge in [0.1, 0.15) is 23.5 Å². The van der Waals surface area contributed by atoms with Gasteiger partial charge >= 0.3 is 6.18 Å². The molecule has 0 fully saturated rings. The van der Waals surface area contributed by atoms with E-state index in [9.17, 15) is 13.2 Å². The third kappa shape index (κ3) is 4.18. The zero-order chi connectivity index (χ0) is 13.6. The number of benzene rings is 1. The Morgan fingerprint density at radius 3 is 2.39 bits per heavy atom. The Kier molecular flexibility index (Phi) is 4.33. The Bertz CT molecular complexity index is 519. The van der Waals surface area contributed by atoms with Gasteiger partial charge in [-0.1, -0.05) is 18.2 Å². The molecule has 0 atom stereocenters. The lowest BCUT2D eigenvalue weighted by atomic mass is 10.1. The van der Waals surface area contributed by atoms with Crippen molar-refractivity contribution < 1.29 is 17.9 Å². The lowest BCUT2D eigenvalue weighted by Crippen LogP contribution is -2.19. The van der Waals surface area contributed by atoms with Crippen LogP contribution in [0.2, 0.25) is 0 Å². The second kappa shape index (κ2) is 5.74. The highest BCUT2D eigenvalue weighted by molar-refractivity contribution is 5.66. The minimum Gasteiger partial charge on any atom is -0.483 e. The zero-order valence-electron chi connectivity index (χ0n) is 9.03. The van der Waals surface area contributed by atoms with E-state index in [0.29, 0.717) is 0 Å². The van der Waals surface area contributed by atoms with Gasteiger partial charge in [-0.05, 0) is 12.1 Å². The van der Waals surface area contributed by atoms with E-state index in [2.05, 4.69) is 4.74 Å². The number of allylic oxidation sites excluding steroid dienone is 1. The summed E-state index contributed by atoms with van der Waals surface area (Å²) in [7, 11) is 0. The Hall–Kier alpha value is -2.47. The molecule has 92 valence electrons. The number of hydrogen-bond acceptors (Lipinski definition) is 3. The van der Waals surface area contributed by atoms with Gasteiger partial charge < -0.3 is 4.74 Å². The molecule has 0 heterocycles. The van der Waals surface area contributed by atoms with Crippen LogP contribution >= 0.6 is 0 Å². The molecule has 0 N–H and O–H groups in total. The van der Waals surface area contributed by atoms with Gasteiger partial charge in [0.15, 0.2) is 6.61 Å². The molecule has 0 spiro atoms. The van der Waals surface area contributed by atoms with E-state index in [-0.39, 0.29) is 16.9 Å². The highest BCUT2D eigenvalue weighted by Gasteiger charge is 2.28. The van der Waals surface area contributed by atoms with Gasteiger partial charge in [0.2, 0.25) is 0 Å². The first-order chi connectivity index (χ1) is 8.46. The quantitative estimate of drug-likeness (QED) is 0.777. The van der Waals surface area contributed by atoms with Crippen molar-refractivity contribution in [3.05, 3.63) is 35.4 Å². The summed E-state index contributed by atoms with van der Waals surface area (Å²) in [4.78, 5) is 0. The van der Waals surface area contributed by atoms with E-state index >= 15 is 0 Å². The zero-order valence-corrected chi connectivity index (χ0v) is 9.03. The highest BCUT2D eigenvalue weighted by atomic mass is 19.4. The van der Waals surface area contributed by atoms with E-state index in [1.807, 2.05) is 0 Å². The molecular weight excluding hydrogens is 245 g/mol. The van der Waals surface area contributed by atoms with Crippen molar-refractivity contribution in [1.29, 1.82) is 10.5 Å². The molecule has 0 aliphatic rings. The maximum atomic E-state index is 12.0. The predicted molar refractivity (Wildman–Crippen MR) is 57.2 cm³/mol. The monoisotopic (exact) mass is 252 g/mol. The van der Waals surface area contributed by atoms with Gasteiger partial charge in [0, 0.05) is 5.56 Å². The molecule has 0 aromatic heterocycles. The molecule has 0 saturated carbocycles. The van der Waals surface area contributed by atoms with Gasteiger partial charge in [-0.15, -0.1) is 0 Å². The second-order valence-electron chi connectivity index (χ2n) is 3.22. The summed E-state index contributed by atoms with van der Waals surface area (Å²) in [6, 6.07) is 9.11. The molecule has 1 aromatic rings. The molecule has 0 radical (unpaired) electrons. The molecule has 18 heavy (non-hydrogen) atoms. The minimum atomic E-state index is -4.44. The number of rotatable bonds is 3. The van der Waals surface area contributed by atoms with Crippen LogP contribution in [0.1, 0.15) is 5.56 Å². The maximum absolute atomic E-state index is 12.0. The Morgan fingerprint density at radius 1 is 1.22 bits per heavy atom. The van der Waals surface area contributed by atoms with Crippen molar-refractivity contribution in [2.24, 2.45) is 0 Å².